The molecule has 0 saturated carbocycles. The van der Waals surface area contributed by atoms with Gasteiger partial charge in [-0.2, -0.15) is 0 Å². The Morgan fingerprint density at radius 1 is 1.27 bits per heavy atom. The standard InChI is InChI=1S/C29H26FN5O2/c1-16-21-10-9-20-25(19-6-4-5-7-22(19)30)34-28(17-12-13-33-18(14-17)8-11-24(31)36)35-27(20)29(21,2)15-23(32-3)26(16)37/h4-7,12-16,21H,8-11H2,1-2H3,(H2,31,36)/t16-,21-,29-/m1/s1. The van der Waals surface area contributed by atoms with Gasteiger partial charge >= 0.3 is 0 Å². The number of Topliss-reactive ketones (excluding diaryl/α,β-unsaturated/α-hetero) is 1. The largest absolute Gasteiger partial charge is 0.370 e. The van der Waals surface area contributed by atoms with Gasteiger partial charge in [0.2, 0.25) is 11.6 Å². The van der Waals surface area contributed by atoms with E-state index in [1.807, 2.05) is 19.9 Å². The molecular weight excluding hydrogens is 469 g/mol. The zero-order valence-corrected chi connectivity index (χ0v) is 20.7. The van der Waals surface area contributed by atoms with E-state index in [-0.39, 0.29) is 35.6 Å². The molecule has 1 aromatic carbocycles. The molecule has 2 N–H and O–H groups in total. The second-order valence-corrected chi connectivity index (χ2v) is 9.93. The molecule has 186 valence electrons. The van der Waals surface area contributed by atoms with E-state index in [1.165, 1.54) is 6.07 Å². The van der Waals surface area contributed by atoms with Crippen molar-refractivity contribution in [3.63, 3.8) is 0 Å². The van der Waals surface area contributed by atoms with Crippen LogP contribution in [0.25, 0.3) is 27.5 Å². The zero-order chi connectivity index (χ0) is 26.3. The fourth-order valence-corrected chi connectivity index (χ4v) is 5.76. The van der Waals surface area contributed by atoms with E-state index in [2.05, 4.69) is 9.83 Å². The topological polar surface area (TPSA) is 103 Å². The number of ketones is 1. The second kappa shape index (κ2) is 9.32. The molecule has 8 heteroatoms. The maximum atomic E-state index is 15.1. The monoisotopic (exact) mass is 495 g/mol. The van der Waals surface area contributed by atoms with Gasteiger partial charge in [0.15, 0.2) is 11.6 Å². The maximum absolute atomic E-state index is 15.1. The van der Waals surface area contributed by atoms with E-state index < -0.39 is 11.3 Å². The van der Waals surface area contributed by atoms with Crippen molar-refractivity contribution in [2.75, 3.05) is 0 Å². The quantitative estimate of drug-likeness (QED) is 0.521. The smallest absolute Gasteiger partial charge is 0.226 e. The van der Waals surface area contributed by atoms with Crippen molar-refractivity contribution in [2.24, 2.45) is 17.6 Å². The second-order valence-electron chi connectivity index (χ2n) is 9.93. The lowest BCUT2D eigenvalue weighted by Gasteiger charge is -2.46. The summed E-state index contributed by atoms with van der Waals surface area (Å²) in [5.74, 6) is -0.923. The molecule has 0 fully saturated rings. The third kappa shape index (κ3) is 4.20. The van der Waals surface area contributed by atoms with Gasteiger partial charge in [-0.25, -0.2) is 19.2 Å². The average molecular weight is 496 g/mol. The highest BCUT2D eigenvalue weighted by Crippen LogP contribution is 2.51. The van der Waals surface area contributed by atoms with Crippen LogP contribution in [-0.2, 0) is 27.8 Å². The van der Waals surface area contributed by atoms with E-state index >= 15 is 4.39 Å². The van der Waals surface area contributed by atoms with Crippen LogP contribution in [-0.4, -0.2) is 26.6 Å². The minimum Gasteiger partial charge on any atom is -0.370 e. The lowest BCUT2D eigenvalue weighted by molar-refractivity contribution is -0.121. The van der Waals surface area contributed by atoms with Crippen molar-refractivity contribution in [3.05, 3.63) is 88.6 Å². The number of nitrogens with two attached hydrogens (primary N) is 1. The molecule has 2 aliphatic rings. The highest BCUT2D eigenvalue weighted by molar-refractivity contribution is 6.00. The molecule has 0 bridgehead atoms. The van der Waals surface area contributed by atoms with E-state index in [1.54, 1.807) is 36.5 Å². The van der Waals surface area contributed by atoms with Crippen molar-refractivity contribution in [1.29, 1.82) is 0 Å². The normalized spacial score (nSPS) is 22.4. The first-order valence-corrected chi connectivity index (χ1v) is 12.3. The maximum Gasteiger partial charge on any atom is 0.226 e. The third-order valence-corrected chi connectivity index (χ3v) is 7.65. The molecule has 2 aliphatic carbocycles. The lowest BCUT2D eigenvalue weighted by Crippen LogP contribution is -2.46. The SMILES string of the molecule is [C-]#[N+]C1=C[C@@]2(C)c3nc(-c4ccnc(CCC(N)=O)c4)nc(-c4ccccc4F)c3CC[C@@H]2[C@@H](C)C1=O. The van der Waals surface area contributed by atoms with Crippen molar-refractivity contribution in [3.8, 4) is 22.6 Å². The lowest BCUT2D eigenvalue weighted by atomic mass is 9.58. The number of primary amides is 1. The van der Waals surface area contributed by atoms with Gasteiger partial charge in [-0.05, 0) is 49.4 Å². The van der Waals surface area contributed by atoms with Crippen LogP contribution in [0.2, 0.25) is 0 Å². The van der Waals surface area contributed by atoms with Crippen molar-refractivity contribution >= 4 is 11.7 Å². The first-order chi connectivity index (χ1) is 17.7. The van der Waals surface area contributed by atoms with Gasteiger partial charge in [0.25, 0.3) is 0 Å². The number of aryl methyl sites for hydroxylation is 1. The number of amides is 1. The summed E-state index contributed by atoms with van der Waals surface area (Å²) in [6.45, 7) is 11.5. The van der Waals surface area contributed by atoms with Gasteiger partial charge in [-0.15, -0.1) is 0 Å². The zero-order valence-electron chi connectivity index (χ0n) is 20.7. The van der Waals surface area contributed by atoms with E-state index in [0.29, 0.717) is 53.3 Å². The van der Waals surface area contributed by atoms with Gasteiger partial charge in [0, 0.05) is 46.3 Å². The Balaban J connectivity index is 1.75. The number of hydrogen-bond acceptors (Lipinski definition) is 5. The predicted octanol–water partition coefficient (Wildman–Crippen LogP) is 4.60. The van der Waals surface area contributed by atoms with E-state index in [9.17, 15) is 9.59 Å². The molecule has 0 spiro atoms. The minimum absolute atomic E-state index is 0.0437. The van der Waals surface area contributed by atoms with Gasteiger partial charge in [-0.3, -0.25) is 9.78 Å². The molecule has 7 nitrogen and oxygen atoms in total. The van der Waals surface area contributed by atoms with Crippen LogP contribution in [0.15, 0.2) is 54.4 Å². The summed E-state index contributed by atoms with van der Waals surface area (Å²) < 4.78 is 15.1. The first-order valence-electron chi connectivity index (χ1n) is 12.3. The highest BCUT2D eigenvalue weighted by atomic mass is 19.1. The molecular formula is C29H26FN5O2. The molecule has 0 aliphatic heterocycles. The predicted molar refractivity (Wildman–Crippen MR) is 136 cm³/mol. The van der Waals surface area contributed by atoms with Crippen LogP contribution >= 0.6 is 0 Å². The third-order valence-electron chi connectivity index (χ3n) is 7.65. The number of pyridine rings is 1. The Labute approximate surface area is 214 Å². The minimum atomic E-state index is -0.694. The van der Waals surface area contributed by atoms with Gasteiger partial charge in [0.05, 0.1) is 18.0 Å². The summed E-state index contributed by atoms with van der Waals surface area (Å²) in [4.78, 5) is 41.8. The van der Waals surface area contributed by atoms with E-state index in [0.717, 1.165) is 5.56 Å². The average Bonchev–Trinajstić information content (AvgIpc) is 2.89. The van der Waals surface area contributed by atoms with Crippen LogP contribution < -0.4 is 5.73 Å². The fraction of sp³-hybridized carbons (Fsp3) is 0.310. The van der Waals surface area contributed by atoms with Gasteiger partial charge < -0.3 is 10.5 Å². The van der Waals surface area contributed by atoms with Crippen LogP contribution in [0.5, 0.6) is 0 Å². The summed E-state index contributed by atoms with van der Waals surface area (Å²) in [5.41, 5.74) is 8.50. The highest BCUT2D eigenvalue weighted by Gasteiger charge is 2.49. The number of rotatable bonds is 5. The molecule has 37 heavy (non-hydrogen) atoms. The summed E-state index contributed by atoms with van der Waals surface area (Å²) in [6.07, 6.45) is 5.22. The number of benzene rings is 1. The first kappa shape index (κ1) is 24.4. The Hall–Kier alpha value is -4.25. The molecule has 0 saturated heterocycles. The Kier molecular flexibility index (Phi) is 6.16. The number of carbonyl (C=O) groups is 2. The van der Waals surface area contributed by atoms with E-state index in [4.69, 9.17) is 22.3 Å². The summed E-state index contributed by atoms with van der Waals surface area (Å²) >= 11 is 0. The number of fused-ring (bicyclic) bond motifs is 3. The fourth-order valence-electron chi connectivity index (χ4n) is 5.76. The van der Waals surface area contributed by atoms with Crippen LogP contribution in [0, 0.1) is 24.2 Å². The van der Waals surface area contributed by atoms with Crippen LogP contribution in [0.4, 0.5) is 4.39 Å². The summed E-state index contributed by atoms with van der Waals surface area (Å²) in [5, 5.41) is 0. The Bertz CT molecular complexity index is 1510. The number of hydrogen-bond donors (Lipinski definition) is 1. The summed E-state index contributed by atoms with van der Waals surface area (Å²) in [6, 6.07) is 10.1. The molecule has 3 aromatic rings. The molecule has 5 rings (SSSR count). The van der Waals surface area contributed by atoms with Gasteiger partial charge in [0.1, 0.15) is 5.82 Å². The number of aromatic nitrogens is 3. The van der Waals surface area contributed by atoms with Crippen molar-refractivity contribution in [2.45, 2.75) is 44.9 Å². The number of carbonyl (C=O) groups excluding carboxylic acids is 2. The van der Waals surface area contributed by atoms with Crippen molar-refractivity contribution < 1.29 is 14.0 Å². The van der Waals surface area contributed by atoms with Crippen LogP contribution in [0.3, 0.4) is 0 Å². The summed E-state index contributed by atoms with van der Waals surface area (Å²) in [7, 11) is 0. The number of allylic oxidation sites excluding steroid dienone is 2. The van der Waals surface area contributed by atoms with Gasteiger partial charge in [-0.1, -0.05) is 32.1 Å². The Morgan fingerprint density at radius 3 is 2.78 bits per heavy atom. The molecule has 0 unspecified atom stereocenters. The van der Waals surface area contributed by atoms with Crippen LogP contribution in [0.1, 0.15) is 43.6 Å². The molecule has 2 aromatic heterocycles. The number of nitrogens with zero attached hydrogens (tertiary/aromatic N) is 4. The van der Waals surface area contributed by atoms with Crippen molar-refractivity contribution in [1.82, 2.24) is 15.0 Å². The molecule has 2 heterocycles. The Morgan fingerprint density at radius 2 is 2.05 bits per heavy atom. The molecule has 0 radical (unpaired) electrons. The molecule has 1 amide bonds. The molecule has 3 atom stereocenters. The number of halogens is 1.